The first-order valence-electron chi connectivity index (χ1n) is 8.54. The van der Waals surface area contributed by atoms with Gasteiger partial charge in [-0.1, -0.05) is 36.8 Å². The maximum Gasteiger partial charge on any atom is 0.161 e. The molecule has 1 aromatic carbocycles. The minimum atomic E-state index is 0.787. The number of nitrogens with one attached hydrogen (secondary N) is 2. The Bertz CT molecular complexity index is 838. The van der Waals surface area contributed by atoms with Crippen molar-refractivity contribution in [3.8, 4) is 11.4 Å². The Balaban J connectivity index is 1.80. The fourth-order valence-corrected chi connectivity index (χ4v) is 3.20. The molecule has 0 amide bonds. The van der Waals surface area contributed by atoms with Gasteiger partial charge in [0, 0.05) is 22.9 Å². The fraction of sp³-hybridized carbons (Fsp3) is 0.316. The third kappa shape index (κ3) is 3.02. The molecule has 5 nitrogen and oxygen atoms in total. The topological polar surface area (TPSA) is 66.5 Å². The second kappa shape index (κ2) is 6.43. The van der Waals surface area contributed by atoms with E-state index in [1.54, 1.807) is 0 Å². The smallest absolute Gasteiger partial charge is 0.161 e. The molecule has 2 aromatic heterocycles. The molecule has 0 saturated carbocycles. The Morgan fingerprint density at radius 3 is 2.62 bits per heavy atom. The molecule has 122 valence electrons. The van der Waals surface area contributed by atoms with Gasteiger partial charge in [-0.3, -0.25) is 5.10 Å². The lowest BCUT2D eigenvalue weighted by molar-refractivity contribution is 0.709. The van der Waals surface area contributed by atoms with Crippen molar-refractivity contribution < 1.29 is 0 Å². The first-order valence-corrected chi connectivity index (χ1v) is 8.54. The molecular weight excluding hydrogens is 298 g/mol. The van der Waals surface area contributed by atoms with Gasteiger partial charge in [0.2, 0.25) is 0 Å². The number of hydrogen-bond acceptors (Lipinski definition) is 4. The van der Waals surface area contributed by atoms with Crippen molar-refractivity contribution in [3.05, 3.63) is 53.3 Å². The number of H-pyrrole nitrogens is 1. The minimum absolute atomic E-state index is 0.787. The number of benzene rings is 1. The van der Waals surface area contributed by atoms with Gasteiger partial charge in [-0.15, -0.1) is 0 Å². The highest BCUT2D eigenvalue weighted by atomic mass is 15.2. The van der Waals surface area contributed by atoms with E-state index in [9.17, 15) is 0 Å². The fourth-order valence-electron chi connectivity index (χ4n) is 3.20. The van der Waals surface area contributed by atoms with Crippen LogP contribution >= 0.6 is 0 Å². The van der Waals surface area contributed by atoms with E-state index in [1.165, 1.54) is 30.5 Å². The molecule has 0 radical (unpaired) electrons. The average molecular weight is 319 g/mol. The Morgan fingerprint density at radius 2 is 1.83 bits per heavy atom. The molecule has 4 rings (SSSR count). The van der Waals surface area contributed by atoms with Crippen LogP contribution in [0.15, 0.2) is 36.4 Å². The molecule has 0 saturated heterocycles. The van der Waals surface area contributed by atoms with Crippen molar-refractivity contribution in [1.82, 2.24) is 20.2 Å². The molecule has 1 aliphatic rings. The second-order valence-corrected chi connectivity index (χ2v) is 6.30. The Labute approximate surface area is 141 Å². The first-order chi connectivity index (χ1) is 11.8. The highest BCUT2D eigenvalue weighted by molar-refractivity contribution is 5.63. The zero-order valence-electron chi connectivity index (χ0n) is 13.8. The zero-order chi connectivity index (χ0) is 16.4. The van der Waals surface area contributed by atoms with E-state index in [0.29, 0.717) is 0 Å². The van der Waals surface area contributed by atoms with Gasteiger partial charge in [-0.05, 0) is 32.6 Å². The number of aryl methyl sites for hydroxylation is 2. The van der Waals surface area contributed by atoms with Gasteiger partial charge in [-0.25, -0.2) is 9.97 Å². The summed E-state index contributed by atoms with van der Waals surface area (Å²) in [5.41, 5.74) is 4.44. The summed E-state index contributed by atoms with van der Waals surface area (Å²) in [5, 5.41) is 10.6. The predicted molar refractivity (Wildman–Crippen MR) is 95.3 cm³/mol. The largest absolute Gasteiger partial charge is 0.325 e. The van der Waals surface area contributed by atoms with E-state index in [1.807, 2.05) is 31.2 Å². The summed E-state index contributed by atoms with van der Waals surface area (Å²) in [5.74, 6) is 2.57. The summed E-state index contributed by atoms with van der Waals surface area (Å²) in [7, 11) is 0. The third-order valence-electron chi connectivity index (χ3n) is 4.42. The second-order valence-electron chi connectivity index (χ2n) is 6.30. The first kappa shape index (κ1) is 14.9. The van der Waals surface area contributed by atoms with Crippen LogP contribution in [0.4, 0.5) is 11.6 Å². The van der Waals surface area contributed by atoms with Gasteiger partial charge in [0.1, 0.15) is 11.6 Å². The molecule has 0 spiro atoms. The van der Waals surface area contributed by atoms with Crippen LogP contribution in [0.1, 0.15) is 36.2 Å². The minimum Gasteiger partial charge on any atom is -0.325 e. The number of hydrogen-bond donors (Lipinski definition) is 2. The van der Waals surface area contributed by atoms with Gasteiger partial charge in [-0.2, -0.15) is 5.10 Å². The number of nitrogens with zero attached hydrogens (tertiary/aromatic N) is 3. The van der Waals surface area contributed by atoms with Crippen molar-refractivity contribution in [2.45, 2.75) is 39.0 Å². The molecule has 0 fully saturated rings. The standard InChI is InChI=1S/C19H21N5/c1-13-12-17(24-23-13)21-19-15-10-6-3-7-11-16(15)20-18(22-19)14-8-4-2-5-9-14/h2,4-5,8-9,12H,3,6-7,10-11H2,1H3,(H2,20,21,22,23,24). The van der Waals surface area contributed by atoms with Crippen LogP contribution in [0.25, 0.3) is 11.4 Å². The molecular formula is C19H21N5. The van der Waals surface area contributed by atoms with Crippen LogP contribution in [0, 0.1) is 6.92 Å². The van der Waals surface area contributed by atoms with Crippen LogP contribution in [-0.2, 0) is 12.8 Å². The maximum absolute atomic E-state index is 4.87. The summed E-state index contributed by atoms with van der Waals surface area (Å²) < 4.78 is 0. The molecule has 0 atom stereocenters. The molecule has 2 N–H and O–H groups in total. The van der Waals surface area contributed by atoms with Crippen molar-refractivity contribution >= 4 is 11.6 Å². The lowest BCUT2D eigenvalue weighted by atomic mass is 10.1. The van der Waals surface area contributed by atoms with E-state index < -0.39 is 0 Å². The predicted octanol–water partition coefficient (Wildman–Crippen LogP) is 4.19. The van der Waals surface area contributed by atoms with Gasteiger partial charge in [0.05, 0.1) is 5.69 Å². The van der Waals surface area contributed by atoms with E-state index in [0.717, 1.165) is 41.6 Å². The van der Waals surface area contributed by atoms with Crippen LogP contribution in [0.5, 0.6) is 0 Å². The summed E-state index contributed by atoms with van der Waals surface area (Å²) in [6.45, 7) is 1.97. The van der Waals surface area contributed by atoms with Crippen molar-refractivity contribution in [3.63, 3.8) is 0 Å². The molecule has 0 bridgehead atoms. The lowest BCUT2D eigenvalue weighted by Gasteiger charge is -2.14. The summed E-state index contributed by atoms with van der Waals surface area (Å²) in [6, 6.07) is 12.2. The highest BCUT2D eigenvalue weighted by Gasteiger charge is 2.18. The van der Waals surface area contributed by atoms with E-state index >= 15 is 0 Å². The van der Waals surface area contributed by atoms with Crippen LogP contribution in [-0.4, -0.2) is 20.2 Å². The lowest BCUT2D eigenvalue weighted by Crippen LogP contribution is -2.07. The molecule has 0 unspecified atom stereocenters. The summed E-state index contributed by atoms with van der Waals surface area (Å²) in [6.07, 6.45) is 5.69. The normalized spacial score (nSPS) is 14.0. The summed E-state index contributed by atoms with van der Waals surface area (Å²) in [4.78, 5) is 9.71. The Morgan fingerprint density at radius 1 is 1.00 bits per heavy atom. The molecule has 3 aromatic rings. The molecule has 5 heteroatoms. The van der Waals surface area contributed by atoms with E-state index in [-0.39, 0.29) is 0 Å². The number of anilines is 2. The Hall–Kier alpha value is -2.69. The third-order valence-corrected chi connectivity index (χ3v) is 4.42. The number of fused-ring (bicyclic) bond motifs is 1. The summed E-state index contributed by atoms with van der Waals surface area (Å²) >= 11 is 0. The quantitative estimate of drug-likeness (QED) is 0.710. The monoisotopic (exact) mass is 319 g/mol. The van der Waals surface area contributed by atoms with Crippen molar-refractivity contribution in [2.75, 3.05) is 5.32 Å². The van der Waals surface area contributed by atoms with Gasteiger partial charge >= 0.3 is 0 Å². The van der Waals surface area contributed by atoms with Gasteiger partial charge < -0.3 is 5.32 Å². The average Bonchev–Trinajstić information content (AvgIpc) is 2.87. The van der Waals surface area contributed by atoms with Crippen LogP contribution in [0.2, 0.25) is 0 Å². The zero-order valence-corrected chi connectivity index (χ0v) is 13.8. The highest BCUT2D eigenvalue weighted by Crippen LogP contribution is 2.29. The van der Waals surface area contributed by atoms with Crippen LogP contribution in [0.3, 0.4) is 0 Å². The molecule has 2 heterocycles. The maximum atomic E-state index is 4.87. The van der Waals surface area contributed by atoms with Gasteiger partial charge in [0.25, 0.3) is 0 Å². The van der Waals surface area contributed by atoms with E-state index in [2.05, 4.69) is 27.6 Å². The van der Waals surface area contributed by atoms with Crippen LogP contribution < -0.4 is 5.32 Å². The van der Waals surface area contributed by atoms with Crippen molar-refractivity contribution in [2.24, 2.45) is 0 Å². The number of aromatic amines is 1. The van der Waals surface area contributed by atoms with Crippen molar-refractivity contribution in [1.29, 1.82) is 0 Å². The number of aromatic nitrogens is 4. The SMILES string of the molecule is Cc1cc(Nc2nc(-c3ccccc3)nc3c2CCCCC3)[nH]n1. The molecule has 0 aliphatic heterocycles. The van der Waals surface area contributed by atoms with E-state index in [4.69, 9.17) is 9.97 Å². The molecule has 1 aliphatic carbocycles. The van der Waals surface area contributed by atoms with Gasteiger partial charge in [0.15, 0.2) is 5.82 Å². The number of rotatable bonds is 3. The Kier molecular flexibility index (Phi) is 3.99. The molecule has 24 heavy (non-hydrogen) atoms.